The molecular formula is C17H19FN2S. The summed E-state index contributed by atoms with van der Waals surface area (Å²) < 4.78 is 13.4. The SMILES string of the molecule is Cc1ccc(CN(C)Cc2cc(F)ccc2C(N)=S)cc1. The molecule has 0 aliphatic carbocycles. The minimum atomic E-state index is -0.270. The first kappa shape index (κ1) is 15.6. The molecule has 4 heteroatoms. The Balaban J connectivity index is 2.12. The molecule has 2 N–H and O–H groups in total. The number of hydrogen-bond donors (Lipinski definition) is 1. The summed E-state index contributed by atoms with van der Waals surface area (Å²) >= 11 is 5.03. The zero-order chi connectivity index (χ0) is 15.4. The monoisotopic (exact) mass is 302 g/mol. The van der Waals surface area contributed by atoms with Crippen molar-refractivity contribution in [3.8, 4) is 0 Å². The molecule has 2 nitrogen and oxygen atoms in total. The second kappa shape index (κ2) is 6.78. The molecule has 21 heavy (non-hydrogen) atoms. The number of nitrogens with zero attached hydrogens (tertiary/aromatic N) is 1. The van der Waals surface area contributed by atoms with Crippen molar-refractivity contribution < 1.29 is 4.39 Å². The predicted molar refractivity (Wildman–Crippen MR) is 88.6 cm³/mol. The molecule has 0 saturated carbocycles. The summed E-state index contributed by atoms with van der Waals surface area (Å²) in [5, 5.41) is 0. The van der Waals surface area contributed by atoms with Gasteiger partial charge < -0.3 is 5.73 Å². The Labute approximate surface area is 130 Å². The van der Waals surface area contributed by atoms with Gasteiger partial charge in [0.1, 0.15) is 10.8 Å². The van der Waals surface area contributed by atoms with Crippen LogP contribution in [0.2, 0.25) is 0 Å². The maximum absolute atomic E-state index is 13.4. The van der Waals surface area contributed by atoms with Crippen LogP contribution in [0.4, 0.5) is 4.39 Å². The number of rotatable bonds is 5. The Hall–Kier alpha value is -1.78. The van der Waals surface area contributed by atoms with Gasteiger partial charge in [-0.1, -0.05) is 42.0 Å². The number of aryl methyl sites for hydroxylation is 1. The molecule has 2 rings (SSSR count). The quantitative estimate of drug-likeness (QED) is 0.858. The number of thiocarbonyl (C=S) groups is 1. The van der Waals surface area contributed by atoms with Gasteiger partial charge >= 0.3 is 0 Å². The summed E-state index contributed by atoms with van der Waals surface area (Å²) in [5.74, 6) is -0.270. The van der Waals surface area contributed by atoms with Gasteiger partial charge in [-0.05, 0) is 43.3 Å². The van der Waals surface area contributed by atoms with E-state index in [0.29, 0.717) is 11.5 Å². The van der Waals surface area contributed by atoms with Crippen molar-refractivity contribution in [2.75, 3.05) is 7.05 Å². The van der Waals surface area contributed by atoms with Crippen LogP contribution in [-0.2, 0) is 13.1 Å². The lowest BCUT2D eigenvalue weighted by atomic mass is 10.1. The van der Waals surface area contributed by atoms with Crippen LogP contribution in [0.15, 0.2) is 42.5 Å². The zero-order valence-electron chi connectivity index (χ0n) is 12.3. The van der Waals surface area contributed by atoms with Gasteiger partial charge in [0.15, 0.2) is 0 Å². The van der Waals surface area contributed by atoms with Crippen LogP contribution >= 0.6 is 12.2 Å². The van der Waals surface area contributed by atoms with E-state index in [1.54, 1.807) is 6.07 Å². The molecule has 0 fully saturated rings. The Morgan fingerprint density at radius 3 is 2.43 bits per heavy atom. The molecule has 0 unspecified atom stereocenters. The van der Waals surface area contributed by atoms with Crippen molar-refractivity contribution in [1.82, 2.24) is 4.90 Å². The lowest BCUT2D eigenvalue weighted by molar-refractivity contribution is 0.318. The highest BCUT2D eigenvalue weighted by Crippen LogP contribution is 2.15. The third kappa shape index (κ3) is 4.34. The second-order valence-corrected chi connectivity index (χ2v) is 5.76. The van der Waals surface area contributed by atoms with Gasteiger partial charge in [0.05, 0.1) is 0 Å². The van der Waals surface area contributed by atoms with Gasteiger partial charge in [0, 0.05) is 18.7 Å². The Morgan fingerprint density at radius 1 is 1.14 bits per heavy atom. The maximum Gasteiger partial charge on any atom is 0.123 e. The van der Waals surface area contributed by atoms with Gasteiger partial charge in [0.2, 0.25) is 0 Å². The van der Waals surface area contributed by atoms with Gasteiger partial charge in [0.25, 0.3) is 0 Å². The average molecular weight is 302 g/mol. The largest absolute Gasteiger partial charge is 0.389 e. The highest BCUT2D eigenvalue weighted by molar-refractivity contribution is 7.80. The summed E-state index contributed by atoms with van der Waals surface area (Å²) in [7, 11) is 1.99. The number of hydrogen-bond acceptors (Lipinski definition) is 2. The Morgan fingerprint density at radius 2 is 1.81 bits per heavy atom. The van der Waals surface area contributed by atoms with Gasteiger partial charge in [-0.15, -0.1) is 0 Å². The van der Waals surface area contributed by atoms with Crippen molar-refractivity contribution in [2.45, 2.75) is 20.0 Å². The summed E-state index contributed by atoms with van der Waals surface area (Å²) in [6, 6.07) is 12.9. The summed E-state index contributed by atoms with van der Waals surface area (Å²) in [6.07, 6.45) is 0. The van der Waals surface area contributed by atoms with Gasteiger partial charge in [-0.3, -0.25) is 4.90 Å². The Kier molecular flexibility index (Phi) is 5.04. The van der Waals surface area contributed by atoms with Crippen LogP contribution in [-0.4, -0.2) is 16.9 Å². The van der Waals surface area contributed by atoms with Crippen LogP contribution in [0.5, 0.6) is 0 Å². The zero-order valence-corrected chi connectivity index (χ0v) is 13.1. The summed E-state index contributed by atoms with van der Waals surface area (Å²) in [4.78, 5) is 2.41. The van der Waals surface area contributed by atoms with Crippen LogP contribution in [0, 0.1) is 12.7 Å². The molecule has 110 valence electrons. The molecule has 0 aliphatic heterocycles. The topological polar surface area (TPSA) is 29.3 Å². The third-order valence-corrected chi connectivity index (χ3v) is 3.57. The number of benzene rings is 2. The van der Waals surface area contributed by atoms with E-state index in [1.165, 1.54) is 23.3 Å². The van der Waals surface area contributed by atoms with Crippen molar-refractivity contribution in [3.05, 3.63) is 70.5 Å². The fraction of sp³-hybridized carbons (Fsp3) is 0.235. The van der Waals surface area contributed by atoms with Crippen LogP contribution in [0.25, 0.3) is 0 Å². The molecule has 0 heterocycles. The molecule has 0 bridgehead atoms. The number of halogens is 1. The van der Waals surface area contributed by atoms with E-state index in [-0.39, 0.29) is 5.82 Å². The lowest BCUT2D eigenvalue weighted by Crippen LogP contribution is -2.21. The normalized spacial score (nSPS) is 10.9. The van der Waals surface area contributed by atoms with Crippen molar-refractivity contribution in [1.29, 1.82) is 0 Å². The molecule has 2 aromatic rings. The average Bonchev–Trinajstić information content (AvgIpc) is 2.41. The van der Waals surface area contributed by atoms with E-state index in [2.05, 4.69) is 36.1 Å². The second-order valence-electron chi connectivity index (χ2n) is 5.32. The molecule has 0 spiro atoms. The van der Waals surface area contributed by atoms with Crippen LogP contribution in [0.1, 0.15) is 22.3 Å². The smallest absolute Gasteiger partial charge is 0.123 e. The standard InChI is InChI=1S/C17H19FN2S/c1-12-3-5-13(6-4-12)10-20(2)11-14-9-15(18)7-8-16(14)17(19)21/h3-9H,10-11H2,1-2H3,(H2,19,21). The fourth-order valence-corrected chi connectivity index (χ4v) is 2.48. The van der Waals surface area contributed by atoms with Crippen LogP contribution < -0.4 is 5.73 Å². The van der Waals surface area contributed by atoms with Crippen LogP contribution in [0.3, 0.4) is 0 Å². The predicted octanol–water partition coefficient (Wildman–Crippen LogP) is 3.40. The molecule has 0 aliphatic rings. The van der Waals surface area contributed by atoms with E-state index in [0.717, 1.165) is 17.7 Å². The molecule has 0 aromatic heterocycles. The van der Waals surface area contributed by atoms with Gasteiger partial charge in [-0.2, -0.15) is 0 Å². The summed E-state index contributed by atoms with van der Waals surface area (Å²) in [6.45, 7) is 3.45. The van der Waals surface area contributed by atoms with E-state index in [1.807, 2.05) is 7.05 Å². The molecular weight excluding hydrogens is 283 g/mol. The first-order chi connectivity index (χ1) is 9.95. The van der Waals surface area contributed by atoms with E-state index in [9.17, 15) is 4.39 Å². The van der Waals surface area contributed by atoms with Crippen molar-refractivity contribution >= 4 is 17.2 Å². The molecule has 0 saturated heterocycles. The highest BCUT2D eigenvalue weighted by Gasteiger charge is 2.09. The highest BCUT2D eigenvalue weighted by atomic mass is 32.1. The van der Waals surface area contributed by atoms with E-state index in [4.69, 9.17) is 18.0 Å². The van der Waals surface area contributed by atoms with Crippen molar-refractivity contribution in [2.24, 2.45) is 5.73 Å². The van der Waals surface area contributed by atoms with E-state index >= 15 is 0 Å². The minimum Gasteiger partial charge on any atom is -0.389 e. The third-order valence-electron chi connectivity index (χ3n) is 3.35. The minimum absolute atomic E-state index is 0.270. The van der Waals surface area contributed by atoms with Crippen molar-refractivity contribution in [3.63, 3.8) is 0 Å². The first-order valence-corrected chi connectivity index (χ1v) is 7.19. The number of nitrogens with two attached hydrogens (primary N) is 1. The molecule has 0 amide bonds. The Bertz CT molecular complexity index is 638. The first-order valence-electron chi connectivity index (χ1n) is 6.78. The molecule has 0 atom stereocenters. The molecule has 0 radical (unpaired) electrons. The maximum atomic E-state index is 13.4. The molecule has 2 aromatic carbocycles. The van der Waals surface area contributed by atoms with E-state index < -0.39 is 0 Å². The fourth-order valence-electron chi connectivity index (χ4n) is 2.29. The summed E-state index contributed by atoms with van der Waals surface area (Å²) in [5.41, 5.74) is 9.71. The van der Waals surface area contributed by atoms with Gasteiger partial charge in [-0.25, -0.2) is 4.39 Å². The lowest BCUT2D eigenvalue weighted by Gasteiger charge is -2.19.